The van der Waals surface area contributed by atoms with Gasteiger partial charge >= 0.3 is 0 Å². The molecule has 0 aromatic heterocycles. The second-order valence-corrected chi connectivity index (χ2v) is 7.05. The Morgan fingerprint density at radius 3 is 2.82 bits per heavy atom. The van der Waals surface area contributed by atoms with Crippen LogP contribution in [0.15, 0.2) is 42.5 Å². The molecule has 1 atom stereocenters. The van der Waals surface area contributed by atoms with Crippen LogP contribution in [0.2, 0.25) is 5.02 Å². The molecule has 0 spiro atoms. The molecule has 0 unspecified atom stereocenters. The first kappa shape index (κ1) is 20.2. The van der Waals surface area contributed by atoms with Crippen LogP contribution in [0.3, 0.4) is 0 Å². The second-order valence-electron chi connectivity index (χ2n) is 6.64. The lowest BCUT2D eigenvalue weighted by molar-refractivity contribution is -0.118. The van der Waals surface area contributed by atoms with E-state index in [9.17, 15) is 9.59 Å². The Bertz CT molecular complexity index is 850. The fourth-order valence-corrected chi connectivity index (χ4v) is 3.06. The molecule has 28 heavy (non-hydrogen) atoms. The summed E-state index contributed by atoms with van der Waals surface area (Å²) in [7, 11) is 0. The van der Waals surface area contributed by atoms with Crippen molar-refractivity contribution in [2.75, 3.05) is 25.1 Å². The third-order valence-electron chi connectivity index (χ3n) is 4.46. The minimum absolute atomic E-state index is 0.0573. The Hall–Kier alpha value is -2.57. The van der Waals surface area contributed by atoms with Gasteiger partial charge in [-0.1, -0.05) is 23.7 Å². The molecule has 1 heterocycles. The van der Waals surface area contributed by atoms with Gasteiger partial charge < -0.3 is 20.1 Å². The number of nitrogens with one attached hydrogen (secondary N) is 2. The molecule has 6 nitrogen and oxygen atoms in total. The molecule has 0 bridgehead atoms. The van der Waals surface area contributed by atoms with Crippen molar-refractivity contribution in [1.29, 1.82) is 0 Å². The largest absolute Gasteiger partial charge is 0.484 e. The molecule has 1 fully saturated rings. The summed E-state index contributed by atoms with van der Waals surface area (Å²) in [6.07, 6.45) is 2.02. The topological polar surface area (TPSA) is 76.7 Å². The first-order chi connectivity index (χ1) is 13.5. The van der Waals surface area contributed by atoms with Gasteiger partial charge in [-0.2, -0.15) is 0 Å². The summed E-state index contributed by atoms with van der Waals surface area (Å²) in [6.45, 7) is 2.88. The number of hydrogen-bond acceptors (Lipinski definition) is 4. The Kier molecular flexibility index (Phi) is 6.90. The summed E-state index contributed by atoms with van der Waals surface area (Å²) in [5.41, 5.74) is 1.71. The molecule has 148 valence electrons. The van der Waals surface area contributed by atoms with E-state index in [0.29, 0.717) is 28.6 Å². The lowest BCUT2D eigenvalue weighted by atomic mass is 10.1. The zero-order chi connectivity index (χ0) is 19.9. The number of benzene rings is 2. The van der Waals surface area contributed by atoms with Crippen LogP contribution in [-0.4, -0.2) is 37.7 Å². The van der Waals surface area contributed by atoms with Gasteiger partial charge in [0, 0.05) is 18.2 Å². The molecule has 2 aromatic rings. The molecular formula is C21H23ClN2O4. The molecule has 0 radical (unpaired) electrons. The molecule has 3 rings (SSSR count). The van der Waals surface area contributed by atoms with Crippen molar-refractivity contribution in [1.82, 2.24) is 5.32 Å². The highest BCUT2D eigenvalue weighted by Crippen LogP contribution is 2.21. The first-order valence-electron chi connectivity index (χ1n) is 9.20. The molecule has 2 aromatic carbocycles. The highest BCUT2D eigenvalue weighted by Gasteiger charge is 2.18. The third-order valence-corrected chi connectivity index (χ3v) is 4.88. The van der Waals surface area contributed by atoms with E-state index in [2.05, 4.69) is 10.6 Å². The van der Waals surface area contributed by atoms with E-state index in [4.69, 9.17) is 21.1 Å². The van der Waals surface area contributed by atoms with Crippen molar-refractivity contribution in [2.24, 2.45) is 0 Å². The molecule has 1 saturated heterocycles. The number of carbonyl (C=O) groups excluding carboxylic acids is 2. The van der Waals surface area contributed by atoms with E-state index in [1.54, 1.807) is 42.5 Å². The number of ether oxygens (including phenoxy) is 2. The van der Waals surface area contributed by atoms with E-state index >= 15 is 0 Å². The van der Waals surface area contributed by atoms with Crippen molar-refractivity contribution < 1.29 is 19.1 Å². The predicted octanol–water partition coefficient (Wildman–Crippen LogP) is 3.57. The van der Waals surface area contributed by atoms with Crippen LogP contribution in [0.4, 0.5) is 5.69 Å². The van der Waals surface area contributed by atoms with Gasteiger partial charge in [-0.15, -0.1) is 0 Å². The Balaban J connectivity index is 1.56. The highest BCUT2D eigenvalue weighted by atomic mass is 35.5. The number of hydrogen-bond donors (Lipinski definition) is 2. The van der Waals surface area contributed by atoms with Gasteiger partial charge in [0.25, 0.3) is 11.8 Å². The summed E-state index contributed by atoms with van der Waals surface area (Å²) in [5.74, 6) is -0.0488. The number of carbonyl (C=O) groups is 2. The van der Waals surface area contributed by atoms with E-state index < -0.39 is 0 Å². The van der Waals surface area contributed by atoms with Crippen LogP contribution in [0.5, 0.6) is 5.75 Å². The van der Waals surface area contributed by atoms with Crippen molar-refractivity contribution in [3.05, 3.63) is 58.6 Å². The van der Waals surface area contributed by atoms with Gasteiger partial charge in [-0.05, 0) is 55.7 Å². The maximum atomic E-state index is 12.5. The summed E-state index contributed by atoms with van der Waals surface area (Å²) in [4.78, 5) is 24.8. The maximum absolute atomic E-state index is 12.5. The maximum Gasteiger partial charge on any atom is 0.262 e. The Morgan fingerprint density at radius 2 is 2.07 bits per heavy atom. The smallest absolute Gasteiger partial charge is 0.262 e. The van der Waals surface area contributed by atoms with Crippen molar-refractivity contribution in [2.45, 2.75) is 25.9 Å². The molecule has 0 aliphatic carbocycles. The molecular weight excluding hydrogens is 380 g/mol. The standard InChI is InChI=1S/C21H23ClN2O4/c1-14-11-15(8-9-18(14)22)28-13-20(25)24-19-7-3-2-6-17(19)21(26)23-12-16-5-4-10-27-16/h2-3,6-9,11,16H,4-5,10,12-13H2,1H3,(H,23,26)(H,24,25)/t16-/m0/s1. The van der Waals surface area contributed by atoms with Crippen LogP contribution in [0.25, 0.3) is 0 Å². The summed E-state index contributed by atoms with van der Waals surface area (Å²) >= 11 is 5.98. The number of aryl methyl sites for hydroxylation is 1. The highest BCUT2D eigenvalue weighted by molar-refractivity contribution is 6.31. The molecule has 0 saturated carbocycles. The monoisotopic (exact) mass is 402 g/mol. The molecule has 1 aliphatic rings. The lowest BCUT2D eigenvalue weighted by Gasteiger charge is -2.14. The average Bonchev–Trinajstić information content (AvgIpc) is 3.21. The molecule has 7 heteroatoms. The van der Waals surface area contributed by atoms with Gasteiger partial charge in [-0.3, -0.25) is 9.59 Å². The minimum Gasteiger partial charge on any atom is -0.484 e. The van der Waals surface area contributed by atoms with Crippen LogP contribution < -0.4 is 15.4 Å². The molecule has 1 aliphatic heterocycles. The van der Waals surface area contributed by atoms with Gasteiger partial charge in [0.1, 0.15) is 5.75 Å². The molecule has 2 N–H and O–H groups in total. The summed E-state index contributed by atoms with van der Waals surface area (Å²) in [6, 6.07) is 12.1. The van der Waals surface area contributed by atoms with E-state index in [-0.39, 0.29) is 24.5 Å². The van der Waals surface area contributed by atoms with E-state index in [1.807, 2.05) is 6.92 Å². The number of para-hydroxylation sites is 1. The fourth-order valence-electron chi connectivity index (χ4n) is 2.94. The zero-order valence-electron chi connectivity index (χ0n) is 15.7. The average molecular weight is 403 g/mol. The van der Waals surface area contributed by atoms with Gasteiger partial charge in [0.05, 0.1) is 17.4 Å². The Labute approximate surface area is 169 Å². The quantitative estimate of drug-likeness (QED) is 0.742. The first-order valence-corrected chi connectivity index (χ1v) is 9.58. The third kappa shape index (κ3) is 5.47. The van der Waals surface area contributed by atoms with Crippen molar-refractivity contribution in [3.63, 3.8) is 0 Å². The number of anilines is 1. The zero-order valence-corrected chi connectivity index (χ0v) is 16.4. The normalized spacial score (nSPS) is 15.9. The fraction of sp³-hybridized carbons (Fsp3) is 0.333. The van der Waals surface area contributed by atoms with Gasteiger partial charge in [-0.25, -0.2) is 0 Å². The van der Waals surface area contributed by atoms with Crippen molar-refractivity contribution >= 4 is 29.1 Å². The second kappa shape index (κ2) is 9.57. The molecule has 2 amide bonds. The van der Waals surface area contributed by atoms with E-state index in [1.165, 1.54) is 0 Å². The predicted molar refractivity (Wildman–Crippen MR) is 108 cm³/mol. The summed E-state index contributed by atoms with van der Waals surface area (Å²) in [5, 5.41) is 6.24. The van der Waals surface area contributed by atoms with Crippen LogP contribution in [-0.2, 0) is 9.53 Å². The van der Waals surface area contributed by atoms with Crippen LogP contribution in [0.1, 0.15) is 28.8 Å². The van der Waals surface area contributed by atoms with E-state index in [0.717, 1.165) is 25.0 Å². The SMILES string of the molecule is Cc1cc(OCC(=O)Nc2ccccc2C(=O)NC[C@@H]2CCCO2)ccc1Cl. The number of amides is 2. The van der Waals surface area contributed by atoms with Crippen LogP contribution >= 0.6 is 11.6 Å². The number of rotatable bonds is 7. The minimum atomic E-state index is -0.355. The lowest BCUT2D eigenvalue weighted by Crippen LogP contribution is -2.32. The number of halogens is 1. The Morgan fingerprint density at radius 1 is 1.25 bits per heavy atom. The van der Waals surface area contributed by atoms with Gasteiger partial charge in [0.2, 0.25) is 0 Å². The van der Waals surface area contributed by atoms with Gasteiger partial charge in [0.15, 0.2) is 6.61 Å². The van der Waals surface area contributed by atoms with Crippen molar-refractivity contribution in [3.8, 4) is 5.75 Å². The summed E-state index contributed by atoms with van der Waals surface area (Å²) < 4.78 is 11.0. The van der Waals surface area contributed by atoms with Crippen LogP contribution in [0, 0.1) is 6.92 Å².